The fourth-order valence-corrected chi connectivity index (χ4v) is 0.961. The van der Waals surface area contributed by atoms with Crippen molar-refractivity contribution in [2.45, 2.75) is 13.3 Å². The quantitative estimate of drug-likeness (QED) is 0.428. The molecule has 0 radical (unpaired) electrons. The molecule has 0 N–H and O–H groups in total. The maximum atomic E-state index is 11.1. The van der Waals surface area contributed by atoms with Gasteiger partial charge in [0.15, 0.2) is 0 Å². The van der Waals surface area contributed by atoms with Gasteiger partial charge < -0.3 is 4.74 Å². The fourth-order valence-electron chi connectivity index (χ4n) is 0.961. The van der Waals surface area contributed by atoms with Crippen molar-refractivity contribution >= 4 is 5.97 Å². The van der Waals surface area contributed by atoms with Gasteiger partial charge in [0, 0.05) is 5.57 Å². The molecule has 0 saturated carbocycles. The van der Waals surface area contributed by atoms with E-state index >= 15 is 0 Å². The van der Waals surface area contributed by atoms with Gasteiger partial charge in [-0.15, -0.1) is 0 Å². The Morgan fingerprint density at radius 3 is 2.53 bits per heavy atom. The van der Waals surface area contributed by atoms with Crippen LogP contribution < -0.4 is 4.74 Å². The third kappa shape index (κ3) is 3.28. The Balaban J connectivity index is 2.69. The van der Waals surface area contributed by atoms with Crippen LogP contribution in [-0.4, -0.2) is 5.97 Å². The number of nitrogens with zero attached hydrogens (tertiary/aromatic N) is 1. The highest BCUT2D eigenvalue weighted by Crippen LogP contribution is 2.13. The number of hydrogen-bond donors (Lipinski definition) is 0. The van der Waals surface area contributed by atoms with Gasteiger partial charge in [-0.05, 0) is 24.6 Å². The van der Waals surface area contributed by atoms with Crippen LogP contribution in [0.25, 0.3) is 0 Å². The molecule has 0 unspecified atom stereocenters. The lowest BCUT2D eigenvalue weighted by Gasteiger charge is -2.03. The van der Waals surface area contributed by atoms with Crippen molar-refractivity contribution in [1.29, 1.82) is 5.26 Å². The molecule has 0 fully saturated rings. The minimum Gasteiger partial charge on any atom is -0.423 e. The number of esters is 1. The highest BCUT2D eigenvalue weighted by Gasteiger charge is 2.04. The van der Waals surface area contributed by atoms with Gasteiger partial charge in [-0.1, -0.05) is 18.7 Å². The van der Waals surface area contributed by atoms with Gasteiger partial charge in [0.05, 0.1) is 12.5 Å². The number of carbonyl (C=O) groups excluding carboxylic acids is 1. The zero-order valence-electron chi connectivity index (χ0n) is 8.49. The van der Waals surface area contributed by atoms with Gasteiger partial charge in [0.1, 0.15) is 5.75 Å². The predicted molar refractivity (Wildman–Crippen MR) is 56.2 cm³/mol. The topological polar surface area (TPSA) is 50.1 Å². The number of nitriles is 1. The van der Waals surface area contributed by atoms with Crippen molar-refractivity contribution in [3.8, 4) is 11.8 Å². The van der Waals surface area contributed by atoms with Crippen LogP contribution >= 0.6 is 0 Å². The molecule has 0 aliphatic rings. The fraction of sp³-hybridized carbons (Fsp3) is 0.167. The standard InChI is InChI=1S/C12H11NO2/c1-9(2)12(14)15-11-5-3-10(4-6-11)7-8-13/h3-6H,1,7H2,2H3. The van der Waals surface area contributed by atoms with E-state index in [4.69, 9.17) is 10.00 Å². The van der Waals surface area contributed by atoms with Crippen molar-refractivity contribution in [3.05, 3.63) is 42.0 Å². The van der Waals surface area contributed by atoms with Gasteiger partial charge in [0.2, 0.25) is 0 Å². The number of hydrogen-bond acceptors (Lipinski definition) is 3. The van der Waals surface area contributed by atoms with E-state index in [0.717, 1.165) is 5.56 Å². The van der Waals surface area contributed by atoms with Crippen LogP contribution in [0.3, 0.4) is 0 Å². The van der Waals surface area contributed by atoms with E-state index in [1.54, 1.807) is 31.2 Å². The third-order valence-electron chi connectivity index (χ3n) is 1.77. The lowest BCUT2D eigenvalue weighted by atomic mass is 10.2. The Morgan fingerprint density at radius 2 is 2.07 bits per heavy atom. The molecule has 0 heterocycles. The molecule has 3 nitrogen and oxygen atoms in total. The van der Waals surface area contributed by atoms with E-state index in [1.807, 2.05) is 6.07 Å². The first-order valence-electron chi connectivity index (χ1n) is 4.47. The average molecular weight is 201 g/mol. The Bertz CT molecular complexity index is 412. The summed E-state index contributed by atoms with van der Waals surface area (Å²) in [6.07, 6.45) is 0.356. The van der Waals surface area contributed by atoms with E-state index < -0.39 is 5.97 Å². The first-order chi connectivity index (χ1) is 7.13. The van der Waals surface area contributed by atoms with Gasteiger partial charge in [-0.2, -0.15) is 5.26 Å². The summed E-state index contributed by atoms with van der Waals surface area (Å²) in [7, 11) is 0. The molecule has 0 amide bonds. The molecule has 15 heavy (non-hydrogen) atoms. The Morgan fingerprint density at radius 1 is 1.47 bits per heavy atom. The molecule has 0 atom stereocenters. The van der Waals surface area contributed by atoms with Crippen LogP contribution in [0.5, 0.6) is 5.75 Å². The van der Waals surface area contributed by atoms with Crippen molar-refractivity contribution in [2.75, 3.05) is 0 Å². The molecule has 1 aromatic rings. The van der Waals surface area contributed by atoms with Crippen LogP contribution in [0, 0.1) is 11.3 Å². The minimum absolute atomic E-state index is 0.356. The van der Waals surface area contributed by atoms with Crippen LogP contribution in [0.1, 0.15) is 12.5 Å². The van der Waals surface area contributed by atoms with Crippen LogP contribution in [-0.2, 0) is 11.2 Å². The van der Waals surface area contributed by atoms with Crippen molar-refractivity contribution < 1.29 is 9.53 Å². The van der Waals surface area contributed by atoms with Gasteiger partial charge in [-0.3, -0.25) is 0 Å². The summed E-state index contributed by atoms with van der Waals surface area (Å²) in [4.78, 5) is 11.1. The first-order valence-corrected chi connectivity index (χ1v) is 4.47. The molecule has 1 aromatic carbocycles. The molecular formula is C12H11NO2. The smallest absolute Gasteiger partial charge is 0.338 e. The largest absolute Gasteiger partial charge is 0.423 e. The van der Waals surface area contributed by atoms with E-state index in [1.165, 1.54) is 0 Å². The molecule has 1 rings (SSSR count). The Hall–Kier alpha value is -2.08. The molecule has 0 saturated heterocycles. The zero-order chi connectivity index (χ0) is 11.3. The highest BCUT2D eigenvalue weighted by molar-refractivity contribution is 5.88. The van der Waals surface area contributed by atoms with Crippen LogP contribution in [0.4, 0.5) is 0 Å². The second-order valence-corrected chi connectivity index (χ2v) is 3.15. The molecule has 0 aliphatic heterocycles. The first kappa shape index (κ1) is 11.0. The van der Waals surface area contributed by atoms with Gasteiger partial charge in [-0.25, -0.2) is 4.79 Å². The van der Waals surface area contributed by atoms with Crippen LogP contribution in [0.15, 0.2) is 36.4 Å². The molecule has 0 bridgehead atoms. The molecule has 0 aromatic heterocycles. The van der Waals surface area contributed by atoms with E-state index in [-0.39, 0.29) is 0 Å². The minimum atomic E-state index is -0.442. The summed E-state index contributed by atoms with van der Waals surface area (Å²) < 4.78 is 4.99. The molecular weight excluding hydrogens is 190 g/mol. The summed E-state index contributed by atoms with van der Waals surface area (Å²) in [5.74, 6) is 0.0210. The SMILES string of the molecule is C=C(C)C(=O)Oc1ccc(CC#N)cc1. The maximum absolute atomic E-state index is 11.1. The second kappa shape index (κ2) is 4.97. The summed E-state index contributed by atoms with van der Waals surface area (Å²) in [6.45, 7) is 5.07. The number of ether oxygens (including phenoxy) is 1. The van der Waals surface area contributed by atoms with Crippen LogP contribution in [0.2, 0.25) is 0 Å². The Kier molecular flexibility index (Phi) is 3.64. The lowest BCUT2D eigenvalue weighted by Crippen LogP contribution is -2.07. The van der Waals surface area contributed by atoms with Gasteiger partial charge >= 0.3 is 5.97 Å². The Labute approximate surface area is 88.6 Å². The average Bonchev–Trinajstić information content (AvgIpc) is 2.21. The normalized spacial score (nSPS) is 9.07. The second-order valence-electron chi connectivity index (χ2n) is 3.15. The molecule has 0 aliphatic carbocycles. The summed E-state index contributed by atoms with van der Waals surface area (Å²) >= 11 is 0. The molecule has 76 valence electrons. The maximum Gasteiger partial charge on any atom is 0.338 e. The van der Waals surface area contributed by atoms with Crippen molar-refractivity contribution in [3.63, 3.8) is 0 Å². The number of rotatable bonds is 3. The lowest BCUT2D eigenvalue weighted by molar-refractivity contribution is -0.130. The number of benzene rings is 1. The highest BCUT2D eigenvalue weighted by atomic mass is 16.5. The molecule has 0 spiro atoms. The van der Waals surface area contributed by atoms with Gasteiger partial charge in [0.25, 0.3) is 0 Å². The third-order valence-corrected chi connectivity index (χ3v) is 1.77. The monoisotopic (exact) mass is 201 g/mol. The van der Waals surface area contributed by atoms with E-state index in [9.17, 15) is 4.79 Å². The van der Waals surface area contributed by atoms with E-state index in [2.05, 4.69) is 6.58 Å². The summed E-state index contributed by atoms with van der Waals surface area (Å²) in [6, 6.07) is 8.87. The summed E-state index contributed by atoms with van der Waals surface area (Å²) in [5, 5.41) is 8.46. The van der Waals surface area contributed by atoms with Crippen molar-refractivity contribution in [1.82, 2.24) is 0 Å². The zero-order valence-corrected chi connectivity index (χ0v) is 8.49. The summed E-state index contributed by atoms with van der Waals surface area (Å²) in [5.41, 5.74) is 1.25. The number of carbonyl (C=O) groups is 1. The van der Waals surface area contributed by atoms with E-state index in [0.29, 0.717) is 17.7 Å². The molecule has 3 heteroatoms. The van der Waals surface area contributed by atoms with Crippen molar-refractivity contribution in [2.24, 2.45) is 0 Å². The predicted octanol–water partition coefficient (Wildman–Crippen LogP) is 2.23.